The maximum Gasteiger partial charge on any atom is 0.200 e. The highest BCUT2D eigenvalue weighted by atomic mass is 19.2. The third-order valence-electron chi connectivity index (χ3n) is 8.75. The predicted octanol–water partition coefficient (Wildman–Crippen LogP) is 9.04. The Morgan fingerprint density at radius 3 is 1.97 bits per heavy atom. The molecule has 0 amide bonds. The third-order valence-corrected chi connectivity index (χ3v) is 8.75. The molecule has 2 nitrogen and oxygen atoms in total. The molecule has 1 N–H and O–H groups in total. The Morgan fingerprint density at radius 2 is 1.35 bits per heavy atom. The Labute approximate surface area is 218 Å². The van der Waals surface area contributed by atoms with Gasteiger partial charge in [0.05, 0.1) is 12.2 Å². The number of benzene rings is 2. The fourth-order valence-electron chi connectivity index (χ4n) is 6.49. The highest BCUT2D eigenvalue weighted by molar-refractivity contribution is 5.36. The highest BCUT2D eigenvalue weighted by Gasteiger charge is 2.39. The van der Waals surface area contributed by atoms with Crippen LogP contribution >= 0.6 is 0 Å². The van der Waals surface area contributed by atoms with Crippen molar-refractivity contribution in [1.82, 2.24) is 0 Å². The van der Waals surface area contributed by atoms with Crippen molar-refractivity contribution in [3.8, 4) is 5.75 Å². The third kappa shape index (κ3) is 6.00. The number of hydrogen-bond acceptors (Lipinski definition) is 2. The lowest BCUT2D eigenvalue weighted by molar-refractivity contribution is -0.00958. The van der Waals surface area contributed by atoms with Crippen LogP contribution in [-0.2, 0) is 5.60 Å². The molecule has 6 heteroatoms. The Morgan fingerprint density at radius 1 is 0.757 bits per heavy atom. The Bertz CT molecular complexity index is 1050. The van der Waals surface area contributed by atoms with E-state index in [0.717, 1.165) is 25.7 Å². The largest absolute Gasteiger partial charge is 0.491 e. The summed E-state index contributed by atoms with van der Waals surface area (Å²) >= 11 is 0. The molecule has 0 heterocycles. The topological polar surface area (TPSA) is 29.5 Å². The second-order valence-electron chi connectivity index (χ2n) is 11.1. The summed E-state index contributed by atoms with van der Waals surface area (Å²) in [5, 5.41) is 11.3. The van der Waals surface area contributed by atoms with Gasteiger partial charge in [0.25, 0.3) is 0 Å². The summed E-state index contributed by atoms with van der Waals surface area (Å²) in [6.07, 6.45) is 9.70. The van der Waals surface area contributed by atoms with Crippen LogP contribution < -0.4 is 4.74 Å². The lowest BCUT2D eigenvalue weighted by atomic mass is 9.72. The van der Waals surface area contributed by atoms with Crippen LogP contribution in [0.5, 0.6) is 5.75 Å². The first-order valence-electron chi connectivity index (χ1n) is 14.1. The van der Waals surface area contributed by atoms with Gasteiger partial charge in [-0.15, -0.1) is 0 Å². The molecule has 2 aromatic rings. The fourth-order valence-corrected chi connectivity index (χ4v) is 6.49. The van der Waals surface area contributed by atoms with Crippen molar-refractivity contribution in [3.63, 3.8) is 0 Å². The Hall–Kier alpha value is -2.08. The minimum atomic E-state index is -1.53. The van der Waals surface area contributed by atoms with Crippen LogP contribution in [0, 0.1) is 29.2 Å². The van der Waals surface area contributed by atoms with Crippen molar-refractivity contribution < 1.29 is 27.4 Å². The van der Waals surface area contributed by atoms with E-state index in [1.807, 2.05) is 0 Å². The van der Waals surface area contributed by atoms with E-state index in [2.05, 4.69) is 6.92 Å². The highest BCUT2D eigenvalue weighted by Crippen LogP contribution is 2.47. The Kier molecular flexibility index (Phi) is 9.20. The van der Waals surface area contributed by atoms with E-state index in [9.17, 15) is 13.9 Å². The fraction of sp³-hybridized carbons (Fsp3) is 0.613. The summed E-state index contributed by atoms with van der Waals surface area (Å²) in [7, 11) is 0. The van der Waals surface area contributed by atoms with Crippen LogP contribution in [0.25, 0.3) is 0 Å². The molecule has 0 spiro atoms. The van der Waals surface area contributed by atoms with E-state index in [-0.39, 0.29) is 48.2 Å². The smallest absolute Gasteiger partial charge is 0.200 e. The molecular formula is C31H40F4O2. The van der Waals surface area contributed by atoms with Crippen LogP contribution in [0.2, 0.25) is 0 Å². The summed E-state index contributed by atoms with van der Waals surface area (Å²) in [5.41, 5.74) is -0.913. The molecule has 37 heavy (non-hydrogen) atoms. The lowest BCUT2D eigenvalue weighted by Gasteiger charge is -2.37. The van der Waals surface area contributed by atoms with Gasteiger partial charge in [-0.05, 0) is 93.2 Å². The molecule has 0 bridgehead atoms. The first-order chi connectivity index (χ1) is 17.8. The molecule has 2 aliphatic carbocycles. The van der Waals surface area contributed by atoms with Gasteiger partial charge in [-0.1, -0.05) is 50.8 Å². The predicted molar refractivity (Wildman–Crippen MR) is 138 cm³/mol. The molecule has 2 fully saturated rings. The van der Waals surface area contributed by atoms with Crippen molar-refractivity contribution >= 4 is 0 Å². The quantitative estimate of drug-likeness (QED) is 0.264. The van der Waals surface area contributed by atoms with Crippen LogP contribution in [0.1, 0.15) is 119 Å². The van der Waals surface area contributed by atoms with Crippen LogP contribution in [-0.4, -0.2) is 11.7 Å². The van der Waals surface area contributed by atoms with E-state index in [4.69, 9.17) is 4.74 Å². The van der Waals surface area contributed by atoms with Crippen molar-refractivity contribution in [2.75, 3.05) is 6.61 Å². The minimum absolute atomic E-state index is 0.00823. The summed E-state index contributed by atoms with van der Waals surface area (Å²) in [6, 6.07) is 6.14. The second-order valence-corrected chi connectivity index (χ2v) is 11.1. The molecule has 204 valence electrons. The zero-order valence-corrected chi connectivity index (χ0v) is 22.1. The van der Waals surface area contributed by atoms with Crippen LogP contribution in [0.15, 0.2) is 24.3 Å². The SMILES string of the molecule is CCCCCC1CCC(c2ccc(C3(O)CCC(c4ccc(OCC)c(F)c4F)CC3)c(F)c2F)CC1. The molecule has 2 saturated carbocycles. The van der Waals surface area contributed by atoms with Crippen molar-refractivity contribution in [2.24, 2.45) is 5.92 Å². The minimum Gasteiger partial charge on any atom is -0.491 e. The normalized spacial score (nSPS) is 26.3. The van der Waals surface area contributed by atoms with Gasteiger partial charge >= 0.3 is 0 Å². The maximum atomic E-state index is 15.3. The molecule has 2 aliphatic rings. The van der Waals surface area contributed by atoms with Crippen molar-refractivity contribution in [2.45, 2.75) is 108 Å². The van der Waals surface area contributed by atoms with Gasteiger partial charge in [0, 0.05) is 5.56 Å². The monoisotopic (exact) mass is 520 g/mol. The van der Waals surface area contributed by atoms with Crippen molar-refractivity contribution in [1.29, 1.82) is 0 Å². The summed E-state index contributed by atoms with van der Waals surface area (Å²) in [6.45, 7) is 4.12. The summed E-state index contributed by atoms with van der Waals surface area (Å²) < 4.78 is 64.8. The van der Waals surface area contributed by atoms with Gasteiger partial charge in [0.15, 0.2) is 23.2 Å². The van der Waals surface area contributed by atoms with E-state index in [1.165, 1.54) is 37.8 Å². The first kappa shape index (κ1) is 27.9. The Balaban J connectivity index is 1.42. The first-order valence-corrected chi connectivity index (χ1v) is 14.1. The molecule has 0 radical (unpaired) electrons. The molecular weight excluding hydrogens is 480 g/mol. The van der Waals surface area contributed by atoms with Crippen molar-refractivity contribution in [3.05, 3.63) is 64.2 Å². The van der Waals surface area contributed by atoms with Gasteiger partial charge in [-0.3, -0.25) is 0 Å². The second kappa shape index (κ2) is 12.2. The van der Waals surface area contributed by atoms with Gasteiger partial charge in [0.2, 0.25) is 5.82 Å². The van der Waals surface area contributed by atoms with Gasteiger partial charge in [-0.25, -0.2) is 13.2 Å². The van der Waals surface area contributed by atoms with Crippen LogP contribution in [0.4, 0.5) is 17.6 Å². The number of halogens is 4. The van der Waals surface area contributed by atoms with E-state index in [0.29, 0.717) is 24.3 Å². The molecule has 4 rings (SSSR count). The summed E-state index contributed by atoms with van der Waals surface area (Å²) in [4.78, 5) is 0. The average Bonchev–Trinajstić information content (AvgIpc) is 2.90. The van der Waals surface area contributed by atoms with Crippen LogP contribution in [0.3, 0.4) is 0 Å². The lowest BCUT2D eigenvalue weighted by Crippen LogP contribution is -2.32. The van der Waals surface area contributed by atoms with E-state index < -0.39 is 28.9 Å². The number of hydrogen-bond donors (Lipinski definition) is 1. The molecule has 0 unspecified atom stereocenters. The zero-order chi connectivity index (χ0) is 26.6. The number of unbranched alkanes of at least 4 members (excludes halogenated alkanes) is 2. The average molecular weight is 521 g/mol. The van der Waals surface area contributed by atoms with Gasteiger partial charge < -0.3 is 9.84 Å². The zero-order valence-electron chi connectivity index (χ0n) is 22.1. The molecule has 0 saturated heterocycles. The standard InChI is InChI=1S/C31H40F4O2/c1-3-5-6-7-20-8-10-21(11-9-20)23-12-14-25(29(34)27(23)32)31(36)18-16-22(17-19-31)24-13-15-26(37-4-2)30(35)28(24)33/h12-15,20-22,36H,3-11,16-19H2,1-2H3. The number of ether oxygens (including phenoxy) is 1. The molecule has 0 aliphatic heterocycles. The van der Waals surface area contributed by atoms with E-state index in [1.54, 1.807) is 19.1 Å². The van der Waals surface area contributed by atoms with Gasteiger partial charge in [0.1, 0.15) is 0 Å². The molecule has 2 aromatic carbocycles. The maximum absolute atomic E-state index is 15.3. The molecule has 0 atom stereocenters. The van der Waals surface area contributed by atoms with Gasteiger partial charge in [-0.2, -0.15) is 4.39 Å². The number of rotatable bonds is 9. The summed E-state index contributed by atoms with van der Waals surface area (Å²) in [5.74, 6) is -3.52. The number of aliphatic hydroxyl groups is 1. The van der Waals surface area contributed by atoms with E-state index >= 15 is 8.78 Å². The molecule has 0 aromatic heterocycles.